The molecule has 2 saturated heterocycles. The van der Waals surface area contributed by atoms with Gasteiger partial charge < -0.3 is 19.1 Å². The number of nitrogens with zero attached hydrogens (tertiary/aromatic N) is 3. The minimum absolute atomic E-state index is 0. The molecule has 2 aliphatic rings. The second kappa shape index (κ2) is 16.1. The lowest BCUT2D eigenvalue weighted by Gasteiger charge is -2.45. The van der Waals surface area contributed by atoms with Gasteiger partial charge in [-0.15, -0.1) is 24.8 Å². The highest BCUT2D eigenvalue weighted by Crippen LogP contribution is 2.37. The number of piperazine rings is 1. The number of amides is 1. The van der Waals surface area contributed by atoms with Crippen molar-refractivity contribution in [2.75, 3.05) is 60.0 Å². The fraction of sp³-hybridized carbons (Fsp3) is 0.567. The monoisotopic (exact) mass is 743 g/mol. The van der Waals surface area contributed by atoms with E-state index in [0.717, 1.165) is 12.1 Å². The topological polar surface area (TPSA) is 54.5 Å². The number of alkyl halides is 9. The first kappa shape index (κ1) is 41.8. The van der Waals surface area contributed by atoms with Crippen LogP contribution in [0.1, 0.15) is 39.5 Å². The summed E-state index contributed by atoms with van der Waals surface area (Å²) in [5.41, 5.74) is -4.51. The molecule has 0 saturated carbocycles. The van der Waals surface area contributed by atoms with E-state index >= 15 is 0 Å². The fourth-order valence-electron chi connectivity index (χ4n) is 5.63. The Bertz CT molecular complexity index is 1330. The molecule has 0 aromatic heterocycles. The van der Waals surface area contributed by atoms with Gasteiger partial charge in [0, 0.05) is 65.1 Å². The SMILES string of the molecule is CO[C@H]1CN(CCN2CCN(C(=O)c3cc(C(F)(F)F)cc(C(F)(F)F)c3)[C@H](Cc3ccc(C(F)(F)F)cc3)C2)C[C@@](C)(OC)O1.Cl.Cl. The molecule has 48 heavy (non-hydrogen) atoms. The number of hydrogen-bond donors (Lipinski definition) is 0. The van der Waals surface area contributed by atoms with Crippen LogP contribution in [0.25, 0.3) is 0 Å². The highest BCUT2D eigenvalue weighted by Gasteiger charge is 2.40. The molecule has 4 rings (SSSR count). The van der Waals surface area contributed by atoms with E-state index in [4.69, 9.17) is 14.2 Å². The summed E-state index contributed by atoms with van der Waals surface area (Å²) in [5.74, 6) is -1.98. The van der Waals surface area contributed by atoms with Crippen molar-refractivity contribution in [3.8, 4) is 0 Å². The summed E-state index contributed by atoms with van der Waals surface area (Å²) >= 11 is 0. The van der Waals surface area contributed by atoms with Crippen molar-refractivity contribution in [3.05, 3.63) is 70.3 Å². The van der Waals surface area contributed by atoms with E-state index in [1.165, 1.54) is 31.3 Å². The summed E-state index contributed by atoms with van der Waals surface area (Å²) in [4.78, 5) is 18.8. The van der Waals surface area contributed by atoms with E-state index in [-0.39, 0.29) is 56.9 Å². The van der Waals surface area contributed by atoms with Gasteiger partial charge in [0.15, 0.2) is 12.1 Å². The lowest BCUT2D eigenvalue weighted by atomic mass is 9.98. The summed E-state index contributed by atoms with van der Waals surface area (Å²) in [6, 6.07) is 4.17. The largest absolute Gasteiger partial charge is 0.416 e. The molecule has 2 fully saturated rings. The van der Waals surface area contributed by atoms with Gasteiger partial charge in [-0.05, 0) is 49.2 Å². The Morgan fingerprint density at radius 2 is 1.35 bits per heavy atom. The van der Waals surface area contributed by atoms with Crippen molar-refractivity contribution in [2.45, 2.75) is 50.0 Å². The molecular weight excluding hydrogens is 708 g/mol. The van der Waals surface area contributed by atoms with Gasteiger partial charge >= 0.3 is 18.5 Å². The number of carbonyl (C=O) groups is 1. The maximum atomic E-state index is 13.6. The summed E-state index contributed by atoms with van der Waals surface area (Å²) in [7, 11) is 2.99. The molecule has 2 aromatic rings. The lowest BCUT2D eigenvalue weighted by molar-refractivity contribution is -0.321. The zero-order valence-electron chi connectivity index (χ0n) is 26.0. The van der Waals surface area contributed by atoms with Gasteiger partial charge in [0.25, 0.3) is 5.91 Å². The number of methoxy groups -OCH3 is 2. The first-order chi connectivity index (χ1) is 21.3. The molecule has 18 heteroatoms. The van der Waals surface area contributed by atoms with Crippen LogP contribution in [0, 0.1) is 0 Å². The van der Waals surface area contributed by atoms with Crippen molar-refractivity contribution in [3.63, 3.8) is 0 Å². The Kier molecular flexibility index (Phi) is 14.1. The lowest BCUT2D eigenvalue weighted by Crippen LogP contribution is -2.59. The minimum Gasteiger partial charge on any atom is -0.354 e. The third kappa shape index (κ3) is 10.6. The summed E-state index contributed by atoms with van der Waals surface area (Å²) < 4.78 is 137. The van der Waals surface area contributed by atoms with Crippen molar-refractivity contribution < 1.29 is 58.5 Å². The third-order valence-corrected chi connectivity index (χ3v) is 8.14. The number of morpholine rings is 1. The predicted octanol–water partition coefficient (Wildman–Crippen LogP) is 6.62. The highest BCUT2D eigenvalue weighted by molar-refractivity contribution is 5.95. The smallest absolute Gasteiger partial charge is 0.354 e. The number of rotatable bonds is 8. The molecule has 0 N–H and O–H groups in total. The van der Waals surface area contributed by atoms with Crippen molar-refractivity contribution in [1.82, 2.24) is 14.7 Å². The number of carbonyl (C=O) groups excluding carboxylic acids is 1. The summed E-state index contributed by atoms with van der Waals surface area (Å²) in [6.45, 7) is 3.94. The van der Waals surface area contributed by atoms with Crippen molar-refractivity contribution in [2.24, 2.45) is 0 Å². The average Bonchev–Trinajstić information content (AvgIpc) is 2.98. The van der Waals surface area contributed by atoms with E-state index in [9.17, 15) is 44.3 Å². The van der Waals surface area contributed by atoms with E-state index in [2.05, 4.69) is 0 Å². The van der Waals surface area contributed by atoms with Crippen LogP contribution in [-0.2, 0) is 39.2 Å². The van der Waals surface area contributed by atoms with Gasteiger partial charge in [0.1, 0.15) is 0 Å². The Labute approximate surface area is 284 Å². The fourth-order valence-corrected chi connectivity index (χ4v) is 5.63. The van der Waals surface area contributed by atoms with E-state index in [0.29, 0.717) is 43.9 Å². The molecule has 0 unspecified atom stereocenters. The van der Waals surface area contributed by atoms with Crippen molar-refractivity contribution in [1.29, 1.82) is 0 Å². The Hall–Kier alpha value is -2.34. The van der Waals surface area contributed by atoms with Crippen LogP contribution >= 0.6 is 24.8 Å². The van der Waals surface area contributed by atoms with Crippen LogP contribution in [0.5, 0.6) is 0 Å². The van der Waals surface area contributed by atoms with Crippen LogP contribution < -0.4 is 0 Å². The zero-order valence-corrected chi connectivity index (χ0v) is 27.7. The number of hydrogen-bond acceptors (Lipinski definition) is 6. The minimum atomic E-state index is -5.14. The molecule has 2 heterocycles. The van der Waals surface area contributed by atoms with Gasteiger partial charge in [-0.25, -0.2) is 0 Å². The summed E-state index contributed by atoms with van der Waals surface area (Å²) in [5, 5.41) is 0. The second-order valence-electron chi connectivity index (χ2n) is 11.5. The standard InChI is InChI=1S/C30H34F9N3O4.2ClH/c1-27(45-3)18-41(17-25(44-2)46-27)9-8-40-10-11-42(24(16-40)12-19-4-6-21(7-5-19)28(31,32)33)26(43)20-13-22(29(34,35)36)15-23(14-20)30(37,38)39;;/h4-7,13-15,24-25H,8-12,16-18H2,1-3H3;2*1H/t24-,25-,27+;;/m1../s1. The molecule has 272 valence electrons. The summed E-state index contributed by atoms with van der Waals surface area (Å²) in [6.07, 6.45) is -15.4. The normalized spacial score (nSPS) is 23.0. The molecule has 2 aliphatic heterocycles. The van der Waals surface area contributed by atoms with Crippen LogP contribution in [0.2, 0.25) is 0 Å². The van der Waals surface area contributed by atoms with E-state index in [1.807, 2.05) is 9.80 Å². The van der Waals surface area contributed by atoms with Gasteiger partial charge in [-0.1, -0.05) is 12.1 Å². The average molecular weight is 745 g/mol. The van der Waals surface area contributed by atoms with E-state index in [1.54, 1.807) is 6.92 Å². The van der Waals surface area contributed by atoms with Crippen LogP contribution in [0.4, 0.5) is 39.5 Å². The molecule has 7 nitrogen and oxygen atoms in total. The molecule has 0 aliphatic carbocycles. The Morgan fingerprint density at radius 1 is 0.812 bits per heavy atom. The molecule has 3 atom stereocenters. The number of benzene rings is 2. The Morgan fingerprint density at radius 3 is 1.85 bits per heavy atom. The second-order valence-corrected chi connectivity index (χ2v) is 11.5. The van der Waals surface area contributed by atoms with Gasteiger partial charge in [-0.3, -0.25) is 14.6 Å². The predicted molar refractivity (Wildman–Crippen MR) is 161 cm³/mol. The molecule has 0 radical (unpaired) electrons. The zero-order chi connectivity index (χ0) is 34.1. The quantitative estimate of drug-likeness (QED) is 0.284. The van der Waals surface area contributed by atoms with Crippen molar-refractivity contribution >= 4 is 30.7 Å². The first-order valence-corrected chi connectivity index (χ1v) is 14.3. The Balaban J connectivity index is 0.00000400. The molecule has 0 bridgehead atoms. The number of halogens is 11. The van der Waals surface area contributed by atoms with Crippen LogP contribution in [-0.4, -0.2) is 98.8 Å². The first-order valence-electron chi connectivity index (χ1n) is 14.3. The van der Waals surface area contributed by atoms with Crippen LogP contribution in [0.15, 0.2) is 42.5 Å². The molecule has 0 spiro atoms. The maximum Gasteiger partial charge on any atom is 0.416 e. The maximum absolute atomic E-state index is 13.6. The van der Waals surface area contributed by atoms with E-state index < -0.39 is 64.8 Å². The van der Waals surface area contributed by atoms with Gasteiger partial charge in [0.2, 0.25) is 0 Å². The highest BCUT2D eigenvalue weighted by atomic mass is 35.5. The van der Waals surface area contributed by atoms with Gasteiger partial charge in [0.05, 0.1) is 23.2 Å². The molecule has 1 amide bonds. The van der Waals surface area contributed by atoms with Gasteiger partial charge in [-0.2, -0.15) is 39.5 Å². The molecule has 2 aromatic carbocycles. The third-order valence-electron chi connectivity index (χ3n) is 8.14. The molecular formula is C30H36Cl2F9N3O4. The van der Waals surface area contributed by atoms with Crippen LogP contribution in [0.3, 0.4) is 0 Å². The number of ether oxygens (including phenoxy) is 3.